The van der Waals surface area contributed by atoms with Gasteiger partial charge in [-0.05, 0) is 25.8 Å². The predicted octanol–water partition coefficient (Wildman–Crippen LogP) is 1.42. The predicted molar refractivity (Wildman–Crippen MR) is 73.8 cm³/mol. The maximum atomic E-state index is 4.43. The molecule has 17 heavy (non-hydrogen) atoms. The highest BCUT2D eigenvalue weighted by atomic mass is 35.5. The van der Waals surface area contributed by atoms with Crippen LogP contribution in [0.15, 0.2) is 17.4 Å². The van der Waals surface area contributed by atoms with Gasteiger partial charge >= 0.3 is 0 Å². The average Bonchev–Trinajstić information content (AvgIpc) is 2.58. The van der Waals surface area contributed by atoms with Gasteiger partial charge in [0.2, 0.25) is 0 Å². The summed E-state index contributed by atoms with van der Waals surface area (Å²) in [5.74, 6) is 0. The first kappa shape index (κ1) is 14.7. The molecule has 0 saturated carbocycles. The van der Waals surface area contributed by atoms with Crippen molar-refractivity contribution in [1.29, 1.82) is 0 Å². The molecule has 0 aliphatic carbocycles. The Hall–Kier alpha value is -0.360. The molecule has 4 nitrogen and oxygen atoms in total. The molecule has 1 aromatic heterocycles. The molecular weight excluding hydrogens is 256 g/mol. The summed E-state index contributed by atoms with van der Waals surface area (Å²) in [6.07, 6.45) is 6.82. The Morgan fingerprint density at radius 1 is 1.29 bits per heavy atom. The van der Waals surface area contributed by atoms with E-state index >= 15 is 0 Å². The van der Waals surface area contributed by atoms with Crippen molar-refractivity contribution < 1.29 is 0 Å². The lowest BCUT2D eigenvalue weighted by atomic mass is 10.3. The second-order valence-electron chi connectivity index (χ2n) is 3.89. The van der Waals surface area contributed by atoms with Gasteiger partial charge in [-0.3, -0.25) is 9.88 Å². The lowest BCUT2D eigenvalue weighted by Crippen LogP contribution is -2.28. The van der Waals surface area contributed by atoms with Crippen LogP contribution in [0.4, 0.5) is 0 Å². The van der Waals surface area contributed by atoms with Gasteiger partial charge in [0.05, 0.1) is 5.69 Å². The topological polar surface area (TPSA) is 41.1 Å². The van der Waals surface area contributed by atoms with Gasteiger partial charge in [0, 0.05) is 32.0 Å². The van der Waals surface area contributed by atoms with Crippen molar-refractivity contribution in [2.24, 2.45) is 0 Å². The Kier molecular flexibility index (Phi) is 6.80. The van der Waals surface area contributed by atoms with E-state index in [1.165, 1.54) is 6.42 Å². The maximum absolute atomic E-state index is 4.43. The highest BCUT2D eigenvalue weighted by molar-refractivity contribution is 7.98. The SMILES string of the molecule is CSc1nccnc1CN1CCCNCC1.Cl. The number of rotatable bonds is 3. The van der Waals surface area contributed by atoms with Crippen LogP contribution < -0.4 is 5.32 Å². The first-order chi connectivity index (χ1) is 7.90. The molecule has 0 radical (unpaired) electrons. The van der Waals surface area contributed by atoms with Crippen LogP contribution in [0.1, 0.15) is 12.1 Å². The molecule has 2 rings (SSSR count). The Balaban J connectivity index is 0.00000144. The van der Waals surface area contributed by atoms with Crippen LogP contribution in [-0.4, -0.2) is 47.3 Å². The van der Waals surface area contributed by atoms with Crippen molar-refractivity contribution in [3.63, 3.8) is 0 Å². The van der Waals surface area contributed by atoms with Crippen LogP contribution in [0.5, 0.6) is 0 Å². The maximum Gasteiger partial charge on any atom is 0.119 e. The molecule has 1 N–H and O–H groups in total. The fraction of sp³-hybridized carbons (Fsp3) is 0.636. The molecular formula is C11H19ClN4S. The van der Waals surface area contributed by atoms with E-state index in [1.54, 1.807) is 24.2 Å². The molecule has 0 atom stereocenters. The quantitative estimate of drug-likeness (QED) is 0.845. The van der Waals surface area contributed by atoms with E-state index in [0.717, 1.165) is 43.4 Å². The van der Waals surface area contributed by atoms with Crippen molar-refractivity contribution in [3.05, 3.63) is 18.1 Å². The molecule has 6 heteroatoms. The third-order valence-corrected chi connectivity index (χ3v) is 3.46. The van der Waals surface area contributed by atoms with E-state index in [4.69, 9.17) is 0 Å². The van der Waals surface area contributed by atoms with Gasteiger partial charge in [-0.2, -0.15) is 0 Å². The molecule has 1 aliphatic rings. The summed E-state index contributed by atoms with van der Waals surface area (Å²) in [5, 5.41) is 4.46. The molecule has 0 bridgehead atoms. The minimum absolute atomic E-state index is 0. The lowest BCUT2D eigenvalue weighted by Gasteiger charge is -2.19. The van der Waals surface area contributed by atoms with Gasteiger partial charge < -0.3 is 5.32 Å². The summed E-state index contributed by atoms with van der Waals surface area (Å²) in [4.78, 5) is 11.2. The first-order valence-corrected chi connectivity index (χ1v) is 6.89. The fourth-order valence-corrected chi connectivity index (χ4v) is 2.42. The molecule has 0 spiro atoms. The Morgan fingerprint density at radius 3 is 2.94 bits per heavy atom. The van der Waals surface area contributed by atoms with Crippen LogP contribution in [0.3, 0.4) is 0 Å². The number of hydrogen-bond donors (Lipinski definition) is 1. The molecule has 1 aliphatic heterocycles. The van der Waals surface area contributed by atoms with E-state index in [0.29, 0.717) is 0 Å². The van der Waals surface area contributed by atoms with Gasteiger partial charge in [0.25, 0.3) is 0 Å². The summed E-state index contributed by atoms with van der Waals surface area (Å²) in [6, 6.07) is 0. The van der Waals surface area contributed by atoms with Crippen LogP contribution in [-0.2, 0) is 6.54 Å². The second kappa shape index (κ2) is 7.87. The van der Waals surface area contributed by atoms with Crippen molar-refractivity contribution in [2.75, 3.05) is 32.4 Å². The first-order valence-electron chi connectivity index (χ1n) is 5.67. The van der Waals surface area contributed by atoms with Crippen molar-refractivity contribution >= 4 is 24.2 Å². The normalized spacial score (nSPS) is 17.2. The smallest absolute Gasteiger partial charge is 0.119 e. The zero-order valence-electron chi connectivity index (χ0n) is 10.1. The largest absolute Gasteiger partial charge is 0.315 e. The minimum Gasteiger partial charge on any atom is -0.315 e. The summed E-state index contributed by atoms with van der Waals surface area (Å²) < 4.78 is 0. The number of nitrogens with one attached hydrogen (secondary N) is 1. The van der Waals surface area contributed by atoms with Gasteiger partial charge in [0.15, 0.2) is 0 Å². The van der Waals surface area contributed by atoms with E-state index in [9.17, 15) is 0 Å². The second-order valence-corrected chi connectivity index (χ2v) is 4.69. The van der Waals surface area contributed by atoms with Gasteiger partial charge in [0.1, 0.15) is 5.03 Å². The zero-order valence-corrected chi connectivity index (χ0v) is 11.7. The van der Waals surface area contributed by atoms with Crippen LogP contribution in [0.2, 0.25) is 0 Å². The molecule has 0 aromatic carbocycles. The van der Waals surface area contributed by atoms with E-state index in [2.05, 4.69) is 26.4 Å². The Bertz CT molecular complexity index is 329. The summed E-state index contributed by atoms with van der Waals surface area (Å²) in [5.41, 5.74) is 1.11. The van der Waals surface area contributed by atoms with Crippen LogP contribution in [0, 0.1) is 0 Å². The number of thioether (sulfide) groups is 1. The van der Waals surface area contributed by atoms with Gasteiger partial charge in [-0.15, -0.1) is 24.2 Å². The highest BCUT2D eigenvalue weighted by Crippen LogP contribution is 2.16. The molecule has 1 saturated heterocycles. The monoisotopic (exact) mass is 274 g/mol. The van der Waals surface area contributed by atoms with Gasteiger partial charge in [-0.1, -0.05) is 0 Å². The molecule has 1 aromatic rings. The third-order valence-electron chi connectivity index (χ3n) is 2.74. The van der Waals surface area contributed by atoms with E-state index in [1.807, 2.05) is 0 Å². The fourth-order valence-electron chi connectivity index (χ4n) is 1.90. The summed E-state index contributed by atoms with van der Waals surface area (Å²) in [7, 11) is 0. The van der Waals surface area contributed by atoms with Crippen LogP contribution >= 0.6 is 24.2 Å². The minimum atomic E-state index is 0. The Morgan fingerprint density at radius 2 is 2.12 bits per heavy atom. The number of nitrogens with zero attached hydrogens (tertiary/aromatic N) is 3. The summed E-state index contributed by atoms with van der Waals surface area (Å²) in [6.45, 7) is 5.38. The standard InChI is InChI=1S/C11H18N4S.ClH/c1-16-11-10(13-4-5-14-11)9-15-7-2-3-12-6-8-15;/h4-5,12H,2-3,6-9H2,1H3;1H. The zero-order chi connectivity index (χ0) is 11.2. The lowest BCUT2D eigenvalue weighted by molar-refractivity contribution is 0.278. The summed E-state index contributed by atoms with van der Waals surface area (Å²) >= 11 is 1.67. The van der Waals surface area contributed by atoms with E-state index in [-0.39, 0.29) is 12.4 Å². The highest BCUT2D eigenvalue weighted by Gasteiger charge is 2.12. The van der Waals surface area contributed by atoms with Crippen molar-refractivity contribution in [1.82, 2.24) is 20.2 Å². The number of aromatic nitrogens is 2. The van der Waals surface area contributed by atoms with Crippen LogP contribution in [0.25, 0.3) is 0 Å². The molecule has 1 fully saturated rings. The Labute approximate surface area is 113 Å². The molecule has 0 unspecified atom stereocenters. The van der Waals surface area contributed by atoms with Crippen molar-refractivity contribution in [2.45, 2.75) is 18.0 Å². The number of halogens is 1. The molecule has 2 heterocycles. The molecule has 0 amide bonds. The van der Waals surface area contributed by atoms with Gasteiger partial charge in [-0.25, -0.2) is 4.98 Å². The third kappa shape index (κ3) is 4.43. The average molecular weight is 275 g/mol. The van der Waals surface area contributed by atoms with E-state index < -0.39 is 0 Å². The molecule has 96 valence electrons. The number of hydrogen-bond acceptors (Lipinski definition) is 5. The van der Waals surface area contributed by atoms with Crippen molar-refractivity contribution in [3.8, 4) is 0 Å².